The molecule has 126 valence electrons. The number of hydrogen-bond acceptors (Lipinski definition) is 3. The molecule has 0 aromatic heterocycles. The van der Waals surface area contributed by atoms with Gasteiger partial charge in [0.05, 0.1) is 0 Å². The lowest BCUT2D eigenvalue weighted by molar-refractivity contribution is 0.1000. The minimum absolute atomic E-state index is 0.307. The molecule has 0 atom stereocenters. The van der Waals surface area contributed by atoms with Crippen molar-refractivity contribution in [2.24, 2.45) is 5.73 Å². The molecule has 0 saturated heterocycles. The van der Waals surface area contributed by atoms with E-state index >= 15 is 0 Å². The lowest BCUT2D eigenvalue weighted by Gasteiger charge is -2.17. The van der Waals surface area contributed by atoms with Crippen LogP contribution >= 0.6 is 0 Å². The normalized spacial score (nSPS) is 10.1. The number of anilines is 2. The molecule has 2 rings (SSSR count). The average molecular weight is 326 g/mol. The van der Waals surface area contributed by atoms with E-state index in [1.54, 1.807) is 18.2 Å². The van der Waals surface area contributed by atoms with Crippen LogP contribution in [0.15, 0.2) is 48.5 Å². The van der Waals surface area contributed by atoms with E-state index < -0.39 is 5.91 Å². The fourth-order valence-electron chi connectivity index (χ4n) is 2.20. The minimum Gasteiger partial charge on any atom is -0.375 e. The molecule has 0 fully saturated rings. The van der Waals surface area contributed by atoms with Crippen LogP contribution in [0.4, 0.5) is 16.2 Å². The van der Waals surface area contributed by atoms with Gasteiger partial charge in [0.25, 0.3) is 0 Å². The highest BCUT2D eigenvalue weighted by Gasteiger charge is 2.05. The van der Waals surface area contributed by atoms with Gasteiger partial charge in [0.15, 0.2) is 0 Å². The molecule has 0 heterocycles. The quantitative estimate of drug-likeness (QED) is 0.762. The number of primary amides is 1. The predicted octanol–water partition coefficient (Wildman–Crippen LogP) is 2.56. The summed E-state index contributed by atoms with van der Waals surface area (Å²) in [5, 5.41) is 5.56. The van der Waals surface area contributed by atoms with Gasteiger partial charge in [0.2, 0.25) is 5.91 Å². The summed E-state index contributed by atoms with van der Waals surface area (Å²) in [6.45, 7) is 3.25. The van der Waals surface area contributed by atoms with Crippen LogP contribution in [0.2, 0.25) is 0 Å². The Labute approximate surface area is 141 Å². The fourth-order valence-corrected chi connectivity index (χ4v) is 2.20. The molecule has 2 aromatic carbocycles. The van der Waals surface area contributed by atoms with Crippen molar-refractivity contribution >= 4 is 23.3 Å². The molecular weight excluding hydrogens is 304 g/mol. The number of rotatable bonds is 6. The number of carbonyl (C=O) groups is 2. The number of amides is 3. The monoisotopic (exact) mass is 326 g/mol. The third kappa shape index (κ3) is 4.74. The summed E-state index contributed by atoms with van der Waals surface area (Å²) in [4.78, 5) is 25.3. The van der Waals surface area contributed by atoms with Gasteiger partial charge in [-0.15, -0.1) is 0 Å². The number of nitrogens with one attached hydrogen (secondary N) is 2. The highest BCUT2D eigenvalue weighted by molar-refractivity contribution is 5.93. The zero-order chi connectivity index (χ0) is 17.5. The molecule has 4 N–H and O–H groups in total. The Morgan fingerprint density at radius 2 is 1.88 bits per heavy atom. The van der Waals surface area contributed by atoms with Gasteiger partial charge in [-0.2, -0.15) is 0 Å². The maximum absolute atomic E-state index is 12.0. The van der Waals surface area contributed by atoms with E-state index in [2.05, 4.69) is 22.5 Å². The maximum Gasteiger partial charge on any atom is 0.319 e. The van der Waals surface area contributed by atoms with E-state index in [4.69, 9.17) is 5.73 Å². The molecule has 0 aliphatic carbocycles. The van der Waals surface area contributed by atoms with Crippen LogP contribution in [-0.2, 0) is 6.54 Å². The Morgan fingerprint density at radius 1 is 1.12 bits per heavy atom. The van der Waals surface area contributed by atoms with Crippen molar-refractivity contribution in [1.82, 2.24) is 5.32 Å². The molecule has 3 amide bonds. The summed E-state index contributed by atoms with van der Waals surface area (Å²) >= 11 is 0. The third-order valence-corrected chi connectivity index (χ3v) is 3.68. The van der Waals surface area contributed by atoms with Gasteiger partial charge in [0, 0.05) is 37.1 Å². The Balaban J connectivity index is 1.94. The maximum atomic E-state index is 12.0. The van der Waals surface area contributed by atoms with Gasteiger partial charge in [-0.1, -0.05) is 18.2 Å². The Kier molecular flexibility index (Phi) is 5.78. The predicted molar refractivity (Wildman–Crippen MR) is 96.2 cm³/mol. The zero-order valence-electron chi connectivity index (χ0n) is 13.9. The Bertz CT molecular complexity index is 730. The largest absolute Gasteiger partial charge is 0.375 e. The molecule has 6 nitrogen and oxygen atoms in total. The van der Waals surface area contributed by atoms with Crippen molar-refractivity contribution in [3.8, 4) is 0 Å². The molecule has 0 aliphatic heterocycles. The molecular formula is C18H22N4O2. The SMILES string of the molecule is CCN(C)c1cccc(NC(=O)NCc2cccc(C(N)=O)c2)c1. The molecule has 0 saturated carbocycles. The molecule has 0 bridgehead atoms. The van der Waals surface area contributed by atoms with Crippen LogP contribution in [0.5, 0.6) is 0 Å². The van der Waals surface area contributed by atoms with Gasteiger partial charge in [0.1, 0.15) is 0 Å². The van der Waals surface area contributed by atoms with Gasteiger partial charge >= 0.3 is 6.03 Å². The van der Waals surface area contributed by atoms with Crippen molar-refractivity contribution in [3.05, 3.63) is 59.7 Å². The van der Waals surface area contributed by atoms with Crippen molar-refractivity contribution in [2.75, 3.05) is 23.8 Å². The molecule has 0 spiro atoms. The number of urea groups is 1. The van der Waals surface area contributed by atoms with Crippen LogP contribution in [0.3, 0.4) is 0 Å². The molecule has 6 heteroatoms. The second-order valence-corrected chi connectivity index (χ2v) is 5.44. The summed E-state index contributed by atoms with van der Waals surface area (Å²) in [5.41, 5.74) is 8.23. The zero-order valence-corrected chi connectivity index (χ0v) is 13.9. The smallest absolute Gasteiger partial charge is 0.319 e. The van der Waals surface area contributed by atoms with Gasteiger partial charge in [-0.3, -0.25) is 4.79 Å². The minimum atomic E-state index is -0.488. The molecule has 24 heavy (non-hydrogen) atoms. The van der Waals surface area contributed by atoms with Gasteiger partial charge in [-0.25, -0.2) is 4.79 Å². The summed E-state index contributed by atoms with van der Waals surface area (Å²) in [6.07, 6.45) is 0. The van der Waals surface area contributed by atoms with Gasteiger partial charge < -0.3 is 21.3 Å². The van der Waals surface area contributed by atoms with Crippen LogP contribution in [-0.4, -0.2) is 25.5 Å². The highest BCUT2D eigenvalue weighted by Crippen LogP contribution is 2.18. The first-order chi connectivity index (χ1) is 11.5. The first-order valence-corrected chi connectivity index (χ1v) is 7.74. The first kappa shape index (κ1) is 17.3. The summed E-state index contributed by atoms with van der Waals surface area (Å²) in [6, 6.07) is 14.2. The Morgan fingerprint density at radius 3 is 2.58 bits per heavy atom. The molecule has 0 aliphatic rings. The van der Waals surface area contributed by atoms with Crippen molar-refractivity contribution in [2.45, 2.75) is 13.5 Å². The first-order valence-electron chi connectivity index (χ1n) is 7.74. The molecule has 2 aromatic rings. The number of nitrogens with two attached hydrogens (primary N) is 1. The average Bonchev–Trinajstić information content (AvgIpc) is 2.59. The second kappa shape index (κ2) is 8.01. The van der Waals surface area contributed by atoms with Crippen molar-refractivity contribution < 1.29 is 9.59 Å². The van der Waals surface area contributed by atoms with Crippen molar-refractivity contribution in [3.63, 3.8) is 0 Å². The lowest BCUT2D eigenvalue weighted by atomic mass is 10.1. The summed E-state index contributed by atoms with van der Waals surface area (Å²) < 4.78 is 0. The van der Waals surface area contributed by atoms with E-state index in [0.29, 0.717) is 12.1 Å². The topological polar surface area (TPSA) is 87.5 Å². The van der Waals surface area contributed by atoms with Crippen LogP contribution in [0.25, 0.3) is 0 Å². The second-order valence-electron chi connectivity index (χ2n) is 5.44. The van der Waals surface area contributed by atoms with E-state index in [9.17, 15) is 9.59 Å². The summed E-state index contributed by atoms with van der Waals surface area (Å²) in [7, 11) is 1.99. The van der Waals surface area contributed by atoms with Crippen molar-refractivity contribution in [1.29, 1.82) is 0 Å². The number of carbonyl (C=O) groups excluding carboxylic acids is 2. The molecule has 0 radical (unpaired) electrons. The van der Waals surface area contributed by atoms with E-state index in [0.717, 1.165) is 23.5 Å². The summed E-state index contributed by atoms with van der Waals surface area (Å²) in [5.74, 6) is -0.488. The Hall–Kier alpha value is -3.02. The van der Waals surface area contributed by atoms with E-state index in [-0.39, 0.29) is 6.03 Å². The highest BCUT2D eigenvalue weighted by atomic mass is 16.2. The van der Waals surface area contributed by atoms with Gasteiger partial charge in [-0.05, 0) is 42.8 Å². The molecule has 0 unspecified atom stereocenters. The van der Waals surface area contributed by atoms with E-state index in [1.807, 2.05) is 37.4 Å². The van der Waals surface area contributed by atoms with Crippen LogP contribution in [0.1, 0.15) is 22.8 Å². The number of benzene rings is 2. The number of nitrogens with zero attached hydrogens (tertiary/aromatic N) is 1. The number of hydrogen-bond donors (Lipinski definition) is 3. The standard InChI is InChI=1S/C18H22N4O2/c1-3-22(2)16-9-5-8-15(11-16)21-18(24)20-12-13-6-4-7-14(10-13)17(19)23/h4-11H,3,12H2,1-2H3,(H2,19,23)(H2,20,21,24). The van der Waals surface area contributed by atoms with Crippen LogP contribution in [0, 0.1) is 0 Å². The third-order valence-electron chi connectivity index (χ3n) is 3.68. The van der Waals surface area contributed by atoms with E-state index in [1.165, 1.54) is 0 Å². The fraction of sp³-hybridized carbons (Fsp3) is 0.222. The lowest BCUT2D eigenvalue weighted by Crippen LogP contribution is -2.28. The van der Waals surface area contributed by atoms with Crippen LogP contribution < -0.4 is 21.3 Å².